The van der Waals surface area contributed by atoms with Crippen LogP contribution in [0.5, 0.6) is 5.75 Å². The molecule has 0 radical (unpaired) electrons. The van der Waals surface area contributed by atoms with Crippen LogP contribution < -0.4 is 4.74 Å². The number of alkyl halides is 2. The summed E-state index contributed by atoms with van der Waals surface area (Å²) >= 11 is 1.34. The molecule has 0 aliphatic heterocycles. The van der Waals surface area contributed by atoms with E-state index in [1.807, 2.05) is 13.8 Å². The fourth-order valence-electron chi connectivity index (χ4n) is 2.96. The number of carbonyl (C=O) groups is 2. The Kier molecular flexibility index (Phi) is 8.58. The molecule has 0 saturated heterocycles. The number of pyridine rings is 1. The number of nitrogens with zero attached hydrogens (tertiary/aromatic N) is 3. The molecule has 1 amide bonds. The van der Waals surface area contributed by atoms with Gasteiger partial charge in [-0.25, -0.2) is 9.78 Å². The number of aromatic nitrogens is 2. The van der Waals surface area contributed by atoms with Crippen LogP contribution in [0.25, 0.3) is 0 Å². The van der Waals surface area contributed by atoms with Gasteiger partial charge in [-0.15, -0.1) is 11.8 Å². The summed E-state index contributed by atoms with van der Waals surface area (Å²) in [7, 11) is 1.55. The molecule has 2 aromatic heterocycles. The van der Waals surface area contributed by atoms with Crippen LogP contribution in [-0.4, -0.2) is 47.2 Å². The van der Waals surface area contributed by atoms with Gasteiger partial charge in [-0.05, 0) is 43.7 Å². The van der Waals surface area contributed by atoms with Gasteiger partial charge in [0.15, 0.2) is 6.61 Å². The fourth-order valence-corrected chi connectivity index (χ4v) is 4.10. The normalized spacial score (nSPS) is 10.9. The van der Waals surface area contributed by atoms with Crippen molar-refractivity contribution >= 4 is 23.6 Å². The zero-order chi connectivity index (χ0) is 24.7. The summed E-state index contributed by atoms with van der Waals surface area (Å²) in [6, 6.07) is 9.14. The summed E-state index contributed by atoms with van der Waals surface area (Å²) in [5, 5.41) is 4.39. The van der Waals surface area contributed by atoms with Gasteiger partial charge < -0.3 is 18.9 Å². The van der Waals surface area contributed by atoms with Crippen LogP contribution in [0.2, 0.25) is 0 Å². The molecular formula is C23H23F2N3O5S. The number of hydrogen-bond donors (Lipinski definition) is 0. The summed E-state index contributed by atoms with van der Waals surface area (Å²) in [6.07, 6.45) is 1.57. The van der Waals surface area contributed by atoms with E-state index in [9.17, 15) is 18.4 Å². The highest BCUT2D eigenvalue weighted by Gasteiger charge is 2.19. The molecule has 0 aliphatic rings. The molecule has 2 heterocycles. The minimum atomic E-state index is -2.90. The van der Waals surface area contributed by atoms with Gasteiger partial charge in [-0.2, -0.15) is 8.78 Å². The van der Waals surface area contributed by atoms with Gasteiger partial charge in [0, 0.05) is 31.1 Å². The Morgan fingerprint density at radius 3 is 2.56 bits per heavy atom. The van der Waals surface area contributed by atoms with E-state index in [-0.39, 0.29) is 17.9 Å². The average Bonchev–Trinajstić information content (AvgIpc) is 3.14. The number of rotatable bonds is 10. The maximum absolute atomic E-state index is 12.6. The molecule has 0 spiro atoms. The smallest absolute Gasteiger partial charge is 0.387 e. The molecule has 0 unspecified atom stereocenters. The molecule has 0 atom stereocenters. The Labute approximate surface area is 199 Å². The van der Waals surface area contributed by atoms with E-state index in [4.69, 9.17) is 9.26 Å². The number of likely N-dealkylation sites (N-methyl/N-ethyl adjacent to an activating group) is 1. The van der Waals surface area contributed by atoms with Crippen molar-refractivity contribution in [1.82, 2.24) is 15.0 Å². The van der Waals surface area contributed by atoms with Gasteiger partial charge in [-0.1, -0.05) is 17.3 Å². The zero-order valence-corrected chi connectivity index (χ0v) is 19.6. The van der Waals surface area contributed by atoms with Crippen molar-refractivity contribution < 1.29 is 32.4 Å². The number of amides is 1. The summed E-state index contributed by atoms with van der Waals surface area (Å²) in [5.74, 6) is 0.164. The second kappa shape index (κ2) is 11.6. The molecular weight excluding hydrogens is 468 g/mol. The molecule has 0 aliphatic carbocycles. The molecule has 0 N–H and O–H groups in total. The van der Waals surface area contributed by atoms with Gasteiger partial charge in [0.2, 0.25) is 0 Å². The Bertz CT molecular complexity index is 1120. The molecule has 8 nitrogen and oxygen atoms in total. The van der Waals surface area contributed by atoms with Gasteiger partial charge >= 0.3 is 12.6 Å². The van der Waals surface area contributed by atoms with E-state index in [2.05, 4.69) is 14.9 Å². The molecule has 0 saturated carbocycles. The summed E-state index contributed by atoms with van der Waals surface area (Å²) < 4.78 is 39.2. The first kappa shape index (κ1) is 25.2. The predicted octanol–water partition coefficient (Wildman–Crippen LogP) is 4.40. The van der Waals surface area contributed by atoms with Crippen LogP contribution in [0, 0.1) is 13.8 Å². The van der Waals surface area contributed by atoms with Crippen molar-refractivity contribution in [2.45, 2.75) is 37.8 Å². The first-order valence-electron chi connectivity index (χ1n) is 10.2. The van der Waals surface area contributed by atoms with Crippen molar-refractivity contribution in [3.8, 4) is 5.75 Å². The van der Waals surface area contributed by atoms with Crippen molar-refractivity contribution in [3.63, 3.8) is 0 Å². The van der Waals surface area contributed by atoms with E-state index in [0.717, 1.165) is 11.3 Å². The Hall–Kier alpha value is -3.47. The molecule has 0 bridgehead atoms. The second-order valence-electron chi connectivity index (χ2n) is 7.30. The molecule has 1 aromatic carbocycles. The van der Waals surface area contributed by atoms with E-state index in [1.165, 1.54) is 28.8 Å². The number of thioether (sulfide) groups is 1. The lowest BCUT2D eigenvalue weighted by atomic mass is 10.2. The number of esters is 1. The predicted molar refractivity (Wildman–Crippen MR) is 120 cm³/mol. The van der Waals surface area contributed by atoms with E-state index < -0.39 is 25.1 Å². The van der Waals surface area contributed by atoms with Crippen LogP contribution in [0.15, 0.2) is 52.1 Å². The quantitative estimate of drug-likeness (QED) is 0.304. The summed E-state index contributed by atoms with van der Waals surface area (Å²) in [4.78, 5) is 30.7. The fraction of sp³-hybridized carbons (Fsp3) is 0.304. The standard InChI is InChI=1S/C23H23F2N3O5S/c1-14-19(15(2)33-27-14)13-34-21-18(5-4-10-26-21)22(30)31-12-20(29)28(3)11-16-6-8-17(9-7-16)32-23(24)25/h4-10,23H,11-13H2,1-3H3. The highest BCUT2D eigenvalue weighted by Crippen LogP contribution is 2.27. The number of ether oxygens (including phenoxy) is 2. The molecule has 180 valence electrons. The monoisotopic (exact) mass is 491 g/mol. The molecule has 3 aromatic rings. The van der Waals surface area contributed by atoms with Crippen molar-refractivity contribution in [1.29, 1.82) is 0 Å². The third-order valence-corrected chi connectivity index (χ3v) is 5.88. The van der Waals surface area contributed by atoms with E-state index in [0.29, 0.717) is 22.1 Å². The minimum Gasteiger partial charge on any atom is -0.452 e. The Balaban J connectivity index is 1.54. The number of aryl methyl sites for hydroxylation is 2. The van der Waals surface area contributed by atoms with Crippen LogP contribution in [0.4, 0.5) is 8.78 Å². The van der Waals surface area contributed by atoms with Crippen molar-refractivity contribution in [2.75, 3.05) is 13.7 Å². The first-order valence-corrected chi connectivity index (χ1v) is 11.2. The van der Waals surface area contributed by atoms with Gasteiger partial charge in [0.1, 0.15) is 16.5 Å². The van der Waals surface area contributed by atoms with Crippen LogP contribution >= 0.6 is 11.8 Å². The number of carbonyl (C=O) groups excluding carboxylic acids is 2. The summed E-state index contributed by atoms with van der Waals surface area (Å²) in [5.41, 5.74) is 2.66. The van der Waals surface area contributed by atoms with Gasteiger partial charge in [0.05, 0.1) is 11.3 Å². The number of benzene rings is 1. The molecule has 11 heteroatoms. The lowest BCUT2D eigenvalue weighted by Gasteiger charge is -2.17. The van der Waals surface area contributed by atoms with Crippen LogP contribution in [0.1, 0.15) is 32.9 Å². The third kappa shape index (κ3) is 6.77. The van der Waals surface area contributed by atoms with Gasteiger partial charge in [0.25, 0.3) is 5.91 Å². The number of halogens is 2. The molecule has 3 rings (SSSR count). The third-order valence-electron chi connectivity index (χ3n) is 4.85. The lowest BCUT2D eigenvalue weighted by Crippen LogP contribution is -2.30. The van der Waals surface area contributed by atoms with E-state index >= 15 is 0 Å². The molecule has 0 fully saturated rings. The van der Waals surface area contributed by atoms with Crippen molar-refractivity contribution in [2.24, 2.45) is 0 Å². The minimum absolute atomic E-state index is 0.0289. The van der Waals surface area contributed by atoms with Gasteiger partial charge in [-0.3, -0.25) is 4.79 Å². The van der Waals surface area contributed by atoms with Crippen LogP contribution in [0.3, 0.4) is 0 Å². The Morgan fingerprint density at radius 2 is 1.91 bits per heavy atom. The van der Waals surface area contributed by atoms with Crippen molar-refractivity contribution in [3.05, 3.63) is 70.7 Å². The SMILES string of the molecule is Cc1noc(C)c1CSc1ncccc1C(=O)OCC(=O)N(C)Cc1ccc(OC(F)F)cc1. The largest absolute Gasteiger partial charge is 0.452 e. The highest BCUT2D eigenvalue weighted by atomic mass is 32.2. The zero-order valence-electron chi connectivity index (χ0n) is 18.8. The number of hydrogen-bond acceptors (Lipinski definition) is 8. The maximum atomic E-state index is 12.6. The van der Waals surface area contributed by atoms with Crippen LogP contribution in [-0.2, 0) is 21.8 Å². The second-order valence-corrected chi connectivity index (χ2v) is 8.26. The summed E-state index contributed by atoms with van der Waals surface area (Å²) in [6.45, 7) is 0.506. The topological polar surface area (TPSA) is 94.8 Å². The highest BCUT2D eigenvalue weighted by molar-refractivity contribution is 7.98. The first-order chi connectivity index (χ1) is 16.2. The average molecular weight is 492 g/mol. The lowest BCUT2D eigenvalue weighted by molar-refractivity contribution is -0.133. The molecule has 34 heavy (non-hydrogen) atoms. The Morgan fingerprint density at radius 1 is 1.18 bits per heavy atom. The van der Waals surface area contributed by atoms with E-state index in [1.54, 1.807) is 37.5 Å². The maximum Gasteiger partial charge on any atom is 0.387 e.